The first kappa shape index (κ1) is 14.2. The van der Waals surface area contributed by atoms with Crippen LogP contribution in [0.4, 0.5) is 4.79 Å². The third kappa shape index (κ3) is 2.71. The molecule has 0 aliphatic carbocycles. The number of benzene rings is 1. The van der Waals surface area contributed by atoms with Crippen molar-refractivity contribution in [3.63, 3.8) is 0 Å². The first-order valence-corrected chi connectivity index (χ1v) is 6.32. The van der Waals surface area contributed by atoms with E-state index in [9.17, 15) is 4.79 Å². The molecule has 0 saturated carbocycles. The van der Waals surface area contributed by atoms with Crippen molar-refractivity contribution in [2.75, 3.05) is 14.2 Å². The van der Waals surface area contributed by atoms with Gasteiger partial charge >= 0.3 is 6.09 Å². The first-order valence-electron chi connectivity index (χ1n) is 6.32. The Morgan fingerprint density at radius 3 is 2.40 bits per heavy atom. The van der Waals surface area contributed by atoms with Gasteiger partial charge in [0.2, 0.25) is 0 Å². The SMILES string of the molecule is COc1cc(OC)c2c(ccn2C(=O)OC(C)(C)C)c1. The molecule has 0 amide bonds. The summed E-state index contributed by atoms with van der Waals surface area (Å²) in [7, 11) is 3.14. The van der Waals surface area contributed by atoms with E-state index >= 15 is 0 Å². The molecule has 0 N–H and O–H groups in total. The molecule has 2 aromatic rings. The lowest BCUT2D eigenvalue weighted by Crippen LogP contribution is -2.26. The lowest BCUT2D eigenvalue weighted by atomic mass is 10.2. The molecule has 108 valence electrons. The molecule has 20 heavy (non-hydrogen) atoms. The summed E-state index contributed by atoms with van der Waals surface area (Å²) in [5.74, 6) is 1.24. The second-order valence-electron chi connectivity index (χ2n) is 5.43. The molecule has 0 spiro atoms. The smallest absolute Gasteiger partial charge is 0.419 e. The first-order chi connectivity index (χ1) is 9.35. The van der Waals surface area contributed by atoms with Crippen LogP contribution in [0.1, 0.15) is 20.8 Å². The summed E-state index contributed by atoms with van der Waals surface area (Å²) < 4.78 is 17.4. The van der Waals surface area contributed by atoms with Crippen molar-refractivity contribution >= 4 is 17.0 Å². The molecule has 2 rings (SSSR count). The van der Waals surface area contributed by atoms with Crippen LogP contribution in [0.2, 0.25) is 0 Å². The summed E-state index contributed by atoms with van der Waals surface area (Å²) in [5.41, 5.74) is 0.121. The highest BCUT2D eigenvalue weighted by molar-refractivity contribution is 5.94. The standard InChI is InChI=1S/C15H19NO4/c1-15(2,3)20-14(17)16-7-6-10-8-11(18-4)9-12(19-5)13(10)16/h6-9H,1-5H3. The third-order valence-electron chi connectivity index (χ3n) is 2.77. The number of hydrogen-bond donors (Lipinski definition) is 0. The van der Waals surface area contributed by atoms with Crippen LogP contribution in [0.15, 0.2) is 24.4 Å². The lowest BCUT2D eigenvalue weighted by molar-refractivity contribution is 0.0544. The molecule has 0 radical (unpaired) electrons. The predicted molar refractivity (Wildman–Crippen MR) is 76.7 cm³/mol. The van der Waals surface area contributed by atoms with E-state index in [4.69, 9.17) is 14.2 Å². The molecule has 1 heterocycles. The van der Waals surface area contributed by atoms with Gasteiger partial charge in [0, 0.05) is 17.6 Å². The average molecular weight is 277 g/mol. The Kier molecular flexibility index (Phi) is 3.61. The molecule has 0 aliphatic rings. The number of carbonyl (C=O) groups is 1. The summed E-state index contributed by atoms with van der Waals surface area (Å²) in [6, 6.07) is 5.41. The van der Waals surface area contributed by atoms with Gasteiger partial charge in [-0.05, 0) is 32.9 Å². The molecule has 5 heteroatoms. The summed E-state index contributed by atoms with van der Waals surface area (Å²) in [4.78, 5) is 12.2. The van der Waals surface area contributed by atoms with Crippen molar-refractivity contribution in [2.24, 2.45) is 0 Å². The Morgan fingerprint density at radius 2 is 1.85 bits per heavy atom. The highest BCUT2D eigenvalue weighted by Crippen LogP contribution is 2.32. The Balaban J connectivity index is 2.53. The monoisotopic (exact) mass is 277 g/mol. The van der Waals surface area contributed by atoms with Crippen molar-refractivity contribution in [1.29, 1.82) is 0 Å². The molecule has 0 aliphatic heterocycles. The molecular formula is C15H19NO4. The van der Waals surface area contributed by atoms with Crippen molar-refractivity contribution < 1.29 is 19.0 Å². The van der Waals surface area contributed by atoms with Crippen molar-refractivity contribution in [3.05, 3.63) is 24.4 Å². The second-order valence-corrected chi connectivity index (χ2v) is 5.43. The van der Waals surface area contributed by atoms with Gasteiger partial charge in [-0.15, -0.1) is 0 Å². The van der Waals surface area contributed by atoms with Gasteiger partial charge in [0.25, 0.3) is 0 Å². The van der Waals surface area contributed by atoms with Crippen LogP contribution in [0.5, 0.6) is 11.5 Å². The van der Waals surface area contributed by atoms with Gasteiger partial charge in [-0.3, -0.25) is 0 Å². The van der Waals surface area contributed by atoms with E-state index in [1.807, 2.05) is 32.9 Å². The lowest BCUT2D eigenvalue weighted by Gasteiger charge is -2.20. The van der Waals surface area contributed by atoms with Crippen LogP contribution in [0.25, 0.3) is 10.9 Å². The number of ether oxygens (including phenoxy) is 3. The average Bonchev–Trinajstić information content (AvgIpc) is 2.79. The number of rotatable bonds is 2. The minimum Gasteiger partial charge on any atom is -0.497 e. The maximum absolute atomic E-state index is 12.2. The summed E-state index contributed by atoms with van der Waals surface area (Å²) in [6.45, 7) is 5.49. The van der Waals surface area contributed by atoms with Gasteiger partial charge in [0.1, 0.15) is 22.6 Å². The molecule has 0 bridgehead atoms. The number of nitrogens with zero attached hydrogens (tertiary/aromatic N) is 1. The minimum atomic E-state index is -0.548. The number of hydrogen-bond acceptors (Lipinski definition) is 4. The zero-order valence-corrected chi connectivity index (χ0v) is 12.4. The Morgan fingerprint density at radius 1 is 1.15 bits per heavy atom. The molecule has 1 aromatic heterocycles. The minimum absolute atomic E-state index is 0.434. The van der Waals surface area contributed by atoms with Crippen LogP contribution < -0.4 is 9.47 Å². The van der Waals surface area contributed by atoms with Crippen LogP contribution in [0, 0.1) is 0 Å². The van der Waals surface area contributed by atoms with Crippen LogP contribution >= 0.6 is 0 Å². The fourth-order valence-corrected chi connectivity index (χ4v) is 1.95. The molecule has 1 aromatic carbocycles. The van der Waals surface area contributed by atoms with Crippen molar-refractivity contribution in [1.82, 2.24) is 4.57 Å². The zero-order valence-electron chi connectivity index (χ0n) is 12.4. The molecular weight excluding hydrogens is 258 g/mol. The summed E-state index contributed by atoms with van der Waals surface area (Å²) in [6.07, 6.45) is 1.23. The normalized spacial score (nSPS) is 11.4. The molecule has 0 fully saturated rings. The van der Waals surface area contributed by atoms with Crippen LogP contribution in [0.3, 0.4) is 0 Å². The summed E-state index contributed by atoms with van der Waals surface area (Å²) >= 11 is 0. The quantitative estimate of drug-likeness (QED) is 0.843. The van der Waals surface area contributed by atoms with Gasteiger partial charge < -0.3 is 14.2 Å². The fourth-order valence-electron chi connectivity index (χ4n) is 1.95. The van der Waals surface area contributed by atoms with E-state index in [0.29, 0.717) is 17.0 Å². The summed E-state index contributed by atoms with van der Waals surface area (Å²) in [5, 5.41) is 0.854. The van der Waals surface area contributed by atoms with E-state index in [1.54, 1.807) is 26.5 Å². The number of methoxy groups -OCH3 is 2. The van der Waals surface area contributed by atoms with Crippen molar-refractivity contribution in [2.45, 2.75) is 26.4 Å². The number of fused-ring (bicyclic) bond motifs is 1. The van der Waals surface area contributed by atoms with E-state index in [-0.39, 0.29) is 0 Å². The van der Waals surface area contributed by atoms with Crippen LogP contribution in [-0.2, 0) is 4.74 Å². The highest BCUT2D eigenvalue weighted by atomic mass is 16.6. The topological polar surface area (TPSA) is 49.7 Å². The van der Waals surface area contributed by atoms with Gasteiger partial charge in [0.15, 0.2) is 0 Å². The number of carbonyl (C=O) groups excluding carboxylic acids is 1. The van der Waals surface area contributed by atoms with Crippen molar-refractivity contribution in [3.8, 4) is 11.5 Å². The largest absolute Gasteiger partial charge is 0.497 e. The Hall–Kier alpha value is -2.17. The van der Waals surface area contributed by atoms with Gasteiger partial charge in [-0.2, -0.15) is 0 Å². The van der Waals surface area contributed by atoms with E-state index < -0.39 is 11.7 Å². The van der Waals surface area contributed by atoms with E-state index in [2.05, 4.69) is 0 Å². The number of aromatic nitrogens is 1. The third-order valence-corrected chi connectivity index (χ3v) is 2.77. The maximum atomic E-state index is 12.2. The second kappa shape index (κ2) is 5.07. The molecule has 0 atom stereocenters. The van der Waals surface area contributed by atoms with Gasteiger partial charge in [0.05, 0.1) is 14.2 Å². The fraction of sp³-hybridized carbons (Fsp3) is 0.400. The molecule has 0 unspecified atom stereocenters. The van der Waals surface area contributed by atoms with Gasteiger partial charge in [-0.25, -0.2) is 9.36 Å². The highest BCUT2D eigenvalue weighted by Gasteiger charge is 2.21. The van der Waals surface area contributed by atoms with Crippen LogP contribution in [-0.4, -0.2) is 30.5 Å². The van der Waals surface area contributed by atoms with E-state index in [0.717, 1.165) is 5.39 Å². The van der Waals surface area contributed by atoms with Gasteiger partial charge in [-0.1, -0.05) is 0 Å². The molecule has 0 saturated heterocycles. The Bertz CT molecular complexity index is 637. The zero-order chi connectivity index (χ0) is 14.9. The predicted octanol–water partition coefficient (Wildman–Crippen LogP) is 3.44. The maximum Gasteiger partial charge on any atom is 0.419 e. The molecule has 5 nitrogen and oxygen atoms in total. The Labute approximate surface area is 118 Å². The van der Waals surface area contributed by atoms with E-state index in [1.165, 1.54) is 4.57 Å².